The Kier molecular flexibility index (Phi) is 4.49. The first-order valence-electron chi connectivity index (χ1n) is 5.48. The molecular weight excluding hydrogens is 300 g/mol. The maximum atomic E-state index is 11.4. The van der Waals surface area contributed by atoms with E-state index in [0.29, 0.717) is 15.8 Å². The molecule has 0 atom stereocenters. The van der Waals surface area contributed by atoms with Gasteiger partial charge in [0.2, 0.25) is 5.91 Å². The highest BCUT2D eigenvalue weighted by atomic mass is 35.5. The number of aliphatic carboxylic acids is 1. The second-order valence-corrected chi connectivity index (χ2v) is 4.94. The van der Waals surface area contributed by atoms with Crippen molar-refractivity contribution in [2.75, 3.05) is 5.32 Å². The molecule has 0 spiro atoms. The van der Waals surface area contributed by atoms with Crippen LogP contribution in [0.4, 0.5) is 5.13 Å². The molecule has 0 radical (unpaired) electrons. The van der Waals surface area contributed by atoms with E-state index in [1.807, 2.05) is 18.2 Å². The van der Waals surface area contributed by atoms with Gasteiger partial charge in [-0.25, -0.2) is 9.78 Å². The largest absolute Gasteiger partial charge is 0.478 e. The maximum absolute atomic E-state index is 11.4. The molecule has 0 saturated heterocycles. The monoisotopic (exact) mass is 308 g/mol. The van der Waals surface area contributed by atoms with Crippen LogP contribution >= 0.6 is 22.9 Å². The molecule has 1 aromatic heterocycles. The van der Waals surface area contributed by atoms with Gasteiger partial charge in [-0.1, -0.05) is 29.8 Å². The van der Waals surface area contributed by atoms with Crippen LogP contribution in [0.5, 0.6) is 0 Å². The van der Waals surface area contributed by atoms with Crippen LogP contribution in [-0.4, -0.2) is 22.0 Å². The number of carbonyl (C=O) groups is 2. The molecule has 2 aromatic rings. The number of amides is 1. The Bertz CT molecular complexity index is 682. The summed E-state index contributed by atoms with van der Waals surface area (Å²) in [5.74, 6) is -1.73. The van der Waals surface area contributed by atoms with Gasteiger partial charge >= 0.3 is 5.97 Å². The van der Waals surface area contributed by atoms with E-state index in [-0.39, 0.29) is 0 Å². The van der Waals surface area contributed by atoms with Crippen molar-refractivity contribution in [1.82, 2.24) is 4.98 Å². The third kappa shape index (κ3) is 3.66. The minimum Gasteiger partial charge on any atom is -0.478 e. The molecule has 0 fully saturated rings. The third-order valence-electron chi connectivity index (χ3n) is 2.26. The van der Waals surface area contributed by atoms with Crippen molar-refractivity contribution in [1.29, 1.82) is 0 Å². The van der Waals surface area contributed by atoms with Gasteiger partial charge in [-0.05, 0) is 6.07 Å². The van der Waals surface area contributed by atoms with Crippen molar-refractivity contribution < 1.29 is 14.7 Å². The molecule has 2 N–H and O–H groups in total. The first-order valence-corrected chi connectivity index (χ1v) is 6.74. The van der Waals surface area contributed by atoms with Crippen molar-refractivity contribution in [2.24, 2.45) is 0 Å². The Hall–Kier alpha value is -2.18. The molecule has 2 rings (SSSR count). The second-order valence-electron chi connectivity index (χ2n) is 3.68. The average Bonchev–Trinajstić information content (AvgIpc) is 2.85. The Morgan fingerprint density at radius 2 is 2.05 bits per heavy atom. The molecule has 7 heteroatoms. The number of hydrogen-bond donors (Lipinski definition) is 2. The zero-order valence-electron chi connectivity index (χ0n) is 10.0. The molecule has 0 saturated carbocycles. The fourth-order valence-corrected chi connectivity index (χ4v) is 2.36. The van der Waals surface area contributed by atoms with Gasteiger partial charge < -0.3 is 5.11 Å². The normalized spacial score (nSPS) is 10.7. The van der Waals surface area contributed by atoms with Gasteiger partial charge in [0, 0.05) is 28.1 Å². The van der Waals surface area contributed by atoms with E-state index in [0.717, 1.165) is 17.7 Å². The highest BCUT2D eigenvalue weighted by Gasteiger charge is 2.09. The highest BCUT2D eigenvalue weighted by Crippen LogP contribution is 2.30. The van der Waals surface area contributed by atoms with E-state index >= 15 is 0 Å². The predicted octanol–water partition coefficient (Wildman–Crippen LogP) is 3.04. The number of aromatic nitrogens is 1. The average molecular weight is 309 g/mol. The number of carboxylic acid groups (broad SMARTS) is 1. The topological polar surface area (TPSA) is 79.3 Å². The summed E-state index contributed by atoms with van der Waals surface area (Å²) in [5, 5.41) is 13.6. The first-order chi connectivity index (χ1) is 9.56. The quantitative estimate of drug-likeness (QED) is 0.851. The fourth-order valence-electron chi connectivity index (χ4n) is 1.42. The van der Waals surface area contributed by atoms with Gasteiger partial charge in [-0.3, -0.25) is 10.1 Å². The Balaban J connectivity index is 2.12. The van der Waals surface area contributed by atoms with Gasteiger partial charge in [0.25, 0.3) is 0 Å². The highest BCUT2D eigenvalue weighted by molar-refractivity contribution is 7.14. The number of rotatable bonds is 4. The lowest BCUT2D eigenvalue weighted by atomic mass is 10.2. The van der Waals surface area contributed by atoms with Gasteiger partial charge in [-0.15, -0.1) is 11.3 Å². The Morgan fingerprint density at radius 3 is 2.75 bits per heavy atom. The van der Waals surface area contributed by atoms with Crippen LogP contribution in [-0.2, 0) is 9.59 Å². The van der Waals surface area contributed by atoms with E-state index in [1.165, 1.54) is 11.3 Å². The molecule has 102 valence electrons. The van der Waals surface area contributed by atoms with Crippen molar-refractivity contribution in [3.63, 3.8) is 0 Å². The van der Waals surface area contributed by atoms with Crippen LogP contribution in [0.2, 0.25) is 5.02 Å². The second kappa shape index (κ2) is 6.31. The molecule has 0 aliphatic heterocycles. The summed E-state index contributed by atoms with van der Waals surface area (Å²) < 4.78 is 0. The Labute approximate surface area is 123 Å². The lowest BCUT2D eigenvalue weighted by Gasteiger charge is -1.99. The number of carbonyl (C=O) groups excluding carboxylic acids is 1. The SMILES string of the molecule is O=C(O)/C=C\C(=O)Nc1nc(-c2ccccc2Cl)cs1. The summed E-state index contributed by atoms with van der Waals surface area (Å²) in [7, 11) is 0. The van der Waals surface area contributed by atoms with Gasteiger partial charge in [0.05, 0.1) is 5.69 Å². The van der Waals surface area contributed by atoms with Gasteiger partial charge in [0.1, 0.15) is 0 Å². The van der Waals surface area contributed by atoms with Crippen LogP contribution in [0.3, 0.4) is 0 Å². The molecule has 20 heavy (non-hydrogen) atoms. The molecule has 0 bridgehead atoms. The number of nitrogens with one attached hydrogen (secondary N) is 1. The van der Waals surface area contributed by atoms with E-state index in [9.17, 15) is 9.59 Å². The number of anilines is 1. The maximum Gasteiger partial charge on any atom is 0.328 e. The van der Waals surface area contributed by atoms with Gasteiger partial charge in [-0.2, -0.15) is 0 Å². The number of benzene rings is 1. The number of nitrogens with zero attached hydrogens (tertiary/aromatic N) is 1. The molecule has 1 aromatic carbocycles. The van der Waals surface area contributed by atoms with Crippen LogP contribution in [0.1, 0.15) is 0 Å². The smallest absolute Gasteiger partial charge is 0.328 e. The molecule has 5 nitrogen and oxygen atoms in total. The molecule has 0 unspecified atom stereocenters. The zero-order valence-corrected chi connectivity index (χ0v) is 11.6. The standard InChI is InChI=1S/C13H9ClN2O3S/c14-9-4-2-1-3-8(9)10-7-20-13(15-10)16-11(17)5-6-12(18)19/h1-7H,(H,18,19)(H,15,16,17)/b6-5-. The van der Waals surface area contributed by atoms with E-state index < -0.39 is 11.9 Å². The van der Waals surface area contributed by atoms with Crippen LogP contribution < -0.4 is 5.32 Å². The predicted molar refractivity (Wildman–Crippen MR) is 78.0 cm³/mol. The summed E-state index contributed by atoms with van der Waals surface area (Å²) in [4.78, 5) is 25.9. The van der Waals surface area contributed by atoms with Crippen molar-refractivity contribution in [3.8, 4) is 11.3 Å². The van der Waals surface area contributed by atoms with E-state index in [2.05, 4.69) is 10.3 Å². The van der Waals surface area contributed by atoms with Gasteiger partial charge in [0.15, 0.2) is 5.13 Å². The van der Waals surface area contributed by atoms with E-state index in [4.69, 9.17) is 16.7 Å². The lowest BCUT2D eigenvalue weighted by Crippen LogP contribution is -2.08. The number of carboxylic acids is 1. The van der Waals surface area contributed by atoms with E-state index in [1.54, 1.807) is 11.4 Å². The molecule has 0 aliphatic rings. The minimum absolute atomic E-state index is 0.375. The summed E-state index contributed by atoms with van der Waals surface area (Å²) >= 11 is 7.29. The summed E-state index contributed by atoms with van der Waals surface area (Å²) in [6.45, 7) is 0. The summed E-state index contributed by atoms with van der Waals surface area (Å²) in [6, 6.07) is 7.24. The van der Waals surface area contributed by atoms with Crippen molar-refractivity contribution >= 4 is 39.9 Å². The summed E-state index contributed by atoms with van der Waals surface area (Å²) in [6.07, 6.45) is 1.69. The zero-order chi connectivity index (χ0) is 14.5. The summed E-state index contributed by atoms with van der Waals surface area (Å²) in [5.41, 5.74) is 1.42. The van der Waals surface area contributed by atoms with Crippen LogP contribution in [0.15, 0.2) is 41.8 Å². The van der Waals surface area contributed by atoms with Crippen molar-refractivity contribution in [3.05, 3.63) is 46.8 Å². The fraction of sp³-hybridized carbons (Fsp3) is 0. The lowest BCUT2D eigenvalue weighted by molar-refractivity contribution is -0.131. The van der Waals surface area contributed by atoms with Crippen molar-refractivity contribution in [2.45, 2.75) is 0 Å². The minimum atomic E-state index is -1.18. The van der Waals surface area contributed by atoms with Crippen LogP contribution in [0.25, 0.3) is 11.3 Å². The molecule has 1 amide bonds. The Morgan fingerprint density at radius 1 is 1.30 bits per heavy atom. The molecule has 1 heterocycles. The van der Waals surface area contributed by atoms with Crippen LogP contribution in [0, 0.1) is 0 Å². The number of hydrogen-bond acceptors (Lipinski definition) is 4. The number of thiazole rings is 1. The first kappa shape index (κ1) is 14.2. The third-order valence-corrected chi connectivity index (χ3v) is 3.35. The molecule has 0 aliphatic carbocycles. The molecular formula is C13H9ClN2O3S. The number of halogens is 1.